The maximum Gasteiger partial charge on any atom is 0.244 e. The molecule has 0 bridgehead atoms. The lowest BCUT2D eigenvalue weighted by atomic mass is 9.78. The highest BCUT2D eigenvalue weighted by Gasteiger charge is 2.28. The van der Waals surface area contributed by atoms with Gasteiger partial charge < -0.3 is 5.32 Å². The normalized spacial score (nSPS) is 24.3. The molecule has 1 aromatic rings. The molecule has 0 aromatic carbocycles. The van der Waals surface area contributed by atoms with Crippen LogP contribution in [0.4, 0.5) is 0 Å². The lowest BCUT2D eigenvalue weighted by Crippen LogP contribution is -2.44. The summed E-state index contributed by atoms with van der Waals surface area (Å²) < 4.78 is 25.2. The standard InChI is InChI=1S/C17H27N3O3S2/c1-12-6-5-7-15(13(12)2)19-16(21)11-24-17-9-8-14(10-18-17)25(22,23)20(3)4/h8-10,12-13,15H,5-7,11H2,1-4H3,(H,19,21)/t12-,13-,15+/m1/s1. The molecule has 1 N–H and O–H groups in total. The second-order valence-electron chi connectivity index (χ2n) is 6.85. The van der Waals surface area contributed by atoms with Crippen molar-refractivity contribution >= 4 is 27.7 Å². The largest absolute Gasteiger partial charge is 0.352 e. The van der Waals surface area contributed by atoms with E-state index < -0.39 is 10.0 Å². The molecule has 25 heavy (non-hydrogen) atoms. The lowest BCUT2D eigenvalue weighted by Gasteiger charge is -2.34. The minimum absolute atomic E-state index is 0.00254. The van der Waals surface area contributed by atoms with Crippen molar-refractivity contribution in [3.8, 4) is 0 Å². The highest BCUT2D eigenvalue weighted by molar-refractivity contribution is 7.99. The third kappa shape index (κ3) is 5.18. The Bertz CT molecular complexity index is 690. The molecule has 6 nitrogen and oxygen atoms in total. The summed E-state index contributed by atoms with van der Waals surface area (Å²) >= 11 is 1.32. The molecule has 1 aliphatic rings. The number of pyridine rings is 1. The summed E-state index contributed by atoms with van der Waals surface area (Å²) in [6.45, 7) is 4.44. The topological polar surface area (TPSA) is 79.4 Å². The maximum absolute atomic E-state index is 12.2. The molecule has 1 amide bonds. The number of hydrogen-bond donors (Lipinski definition) is 1. The van der Waals surface area contributed by atoms with Crippen LogP contribution in [0.5, 0.6) is 0 Å². The molecule has 1 aromatic heterocycles. The van der Waals surface area contributed by atoms with E-state index in [1.54, 1.807) is 6.07 Å². The predicted octanol–water partition coefficient (Wildman–Crippen LogP) is 2.36. The Labute approximate surface area is 154 Å². The van der Waals surface area contributed by atoms with Gasteiger partial charge in [0.25, 0.3) is 0 Å². The molecule has 0 radical (unpaired) electrons. The lowest BCUT2D eigenvalue weighted by molar-refractivity contribution is -0.120. The number of thioether (sulfide) groups is 1. The fourth-order valence-electron chi connectivity index (χ4n) is 2.99. The van der Waals surface area contributed by atoms with Crippen molar-refractivity contribution in [3.63, 3.8) is 0 Å². The van der Waals surface area contributed by atoms with Crippen molar-refractivity contribution in [2.24, 2.45) is 11.8 Å². The van der Waals surface area contributed by atoms with Gasteiger partial charge in [-0.1, -0.05) is 38.5 Å². The average molecular weight is 386 g/mol. The van der Waals surface area contributed by atoms with Crippen molar-refractivity contribution in [2.75, 3.05) is 19.8 Å². The van der Waals surface area contributed by atoms with Crippen molar-refractivity contribution in [1.82, 2.24) is 14.6 Å². The third-order valence-corrected chi connectivity index (χ3v) is 7.63. The van der Waals surface area contributed by atoms with Gasteiger partial charge in [0.05, 0.1) is 10.8 Å². The van der Waals surface area contributed by atoms with Crippen LogP contribution in [0, 0.1) is 11.8 Å². The van der Waals surface area contributed by atoms with Crippen LogP contribution in [-0.4, -0.2) is 49.5 Å². The summed E-state index contributed by atoms with van der Waals surface area (Å²) in [5.74, 6) is 1.42. The van der Waals surface area contributed by atoms with E-state index >= 15 is 0 Å². The molecule has 8 heteroatoms. The van der Waals surface area contributed by atoms with E-state index in [9.17, 15) is 13.2 Å². The molecule has 3 atom stereocenters. The number of sulfonamides is 1. The van der Waals surface area contributed by atoms with E-state index in [2.05, 4.69) is 24.1 Å². The Balaban J connectivity index is 1.88. The van der Waals surface area contributed by atoms with Crippen LogP contribution in [0.25, 0.3) is 0 Å². The zero-order chi connectivity index (χ0) is 18.6. The van der Waals surface area contributed by atoms with E-state index in [0.29, 0.717) is 16.9 Å². The number of rotatable bonds is 6. The molecule has 0 saturated heterocycles. The van der Waals surface area contributed by atoms with Gasteiger partial charge in [0.15, 0.2) is 0 Å². The maximum atomic E-state index is 12.2. The van der Waals surface area contributed by atoms with Gasteiger partial charge in [0.2, 0.25) is 15.9 Å². The second kappa shape index (κ2) is 8.51. The molecular formula is C17H27N3O3S2. The molecule has 1 aliphatic carbocycles. The summed E-state index contributed by atoms with van der Waals surface area (Å²) in [5.41, 5.74) is 0. The molecule has 0 unspecified atom stereocenters. The second-order valence-corrected chi connectivity index (χ2v) is 10.00. The molecule has 140 valence electrons. The van der Waals surface area contributed by atoms with Crippen LogP contribution >= 0.6 is 11.8 Å². The van der Waals surface area contributed by atoms with Crippen LogP contribution < -0.4 is 5.32 Å². The van der Waals surface area contributed by atoms with Crippen LogP contribution in [0.2, 0.25) is 0 Å². The van der Waals surface area contributed by atoms with E-state index in [-0.39, 0.29) is 22.6 Å². The van der Waals surface area contributed by atoms with Gasteiger partial charge >= 0.3 is 0 Å². The summed E-state index contributed by atoms with van der Waals surface area (Å²) in [4.78, 5) is 16.5. The Morgan fingerprint density at radius 1 is 1.32 bits per heavy atom. The zero-order valence-corrected chi connectivity index (χ0v) is 16.9. The number of aromatic nitrogens is 1. The zero-order valence-electron chi connectivity index (χ0n) is 15.2. The summed E-state index contributed by atoms with van der Waals surface area (Å²) in [5, 5.41) is 3.77. The Morgan fingerprint density at radius 2 is 2.04 bits per heavy atom. The number of nitrogens with one attached hydrogen (secondary N) is 1. The fourth-order valence-corrected chi connectivity index (χ4v) is 4.49. The summed E-state index contributed by atoms with van der Waals surface area (Å²) in [6, 6.07) is 3.41. The number of carbonyl (C=O) groups is 1. The SMILES string of the molecule is C[C@@H]1[C@H](C)CCC[C@@H]1NC(=O)CSc1ccc(S(=O)(=O)N(C)C)cn1. The molecule has 0 spiro atoms. The van der Waals surface area contributed by atoms with Crippen LogP contribution in [0.3, 0.4) is 0 Å². The van der Waals surface area contributed by atoms with E-state index in [0.717, 1.165) is 17.1 Å². The van der Waals surface area contributed by atoms with Gasteiger partial charge in [-0.15, -0.1) is 0 Å². The van der Waals surface area contributed by atoms with Crippen LogP contribution in [-0.2, 0) is 14.8 Å². The first kappa shape index (κ1) is 20.2. The summed E-state index contributed by atoms with van der Waals surface area (Å²) in [7, 11) is -0.510. The Morgan fingerprint density at radius 3 is 2.64 bits per heavy atom. The number of nitrogens with zero attached hydrogens (tertiary/aromatic N) is 2. The van der Waals surface area contributed by atoms with Crippen LogP contribution in [0.1, 0.15) is 33.1 Å². The minimum Gasteiger partial charge on any atom is -0.352 e. The van der Waals surface area contributed by atoms with E-state index in [1.165, 1.54) is 44.5 Å². The van der Waals surface area contributed by atoms with Crippen molar-refractivity contribution < 1.29 is 13.2 Å². The molecule has 1 saturated carbocycles. The van der Waals surface area contributed by atoms with Gasteiger partial charge in [-0.25, -0.2) is 17.7 Å². The highest BCUT2D eigenvalue weighted by atomic mass is 32.2. The highest BCUT2D eigenvalue weighted by Crippen LogP contribution is 2.29. The average Bonchev–Trinajstić information content (AvgIpc) is 2.57. The first-order chi connectivity index (χ1) is 11.7. The third-order valence-electron chi connectivity index (χ3n) is 4.89. The summed E-state index contributed by atoms with van der Waals surface area (Å²) in [6.07, 6.45) is 4.76. The van der Waals surface area contributed by atoms with Gasteiger partial charge in [-0.2, -0.15) is 0 Å². The molecule has 0 aliphatic heterocycles. The molecule has 1 fully saturated rings. The monoisotopic (exact) mass is 385 g/mol. The minimum atomic E-state index is -3.47. The van der Waals surface area contributed by atoms with E-state index in [1.807, 2.05) is 0 Å². The Kier molecular flexibility index (Phi) is 6.87. The smallest absolute Gasteiger partial charge is 0.244 e. The van der Waals surface area contributed by atoms with Gasteiger partial charge in [0, 0.05) is 26.3 Å². The number of hydrogen-bond acceptors (Lipinski definition) is 5. The first-order valence-electron chi connectivity index (χ1n) is 8.52. The van der Waals surface area contributed by atoms with Gasteiger partial charge in [-0.05, 0) is 30.4 Å². The number of amides is 1. The first-order valence-corrected chi connectivity index (χ1v) is 10.9. The van der Waals surface area contributed by atoms with Gasteiger partial charge in [-0.3, -0.25) is 4.79 Å². The van der Waals surface area contributed by atoms with E-state index in [4.69, 9.17) is 0 Å². The van der Waals surface area contributed by atoms with Crippen LogP contribution in [0.15, 0.2) is 28.3 Å². The molecule has 1 heterocycles. The van der Waals surface area contributed by atoms with Crippen molar-refractivity contribution in [3.05, 3.63) is 18.3 Å². The Hall–Kier alpha value is -1.12. The number of carbonyl (C=O) groups excluding carboxylic acids is 1. The molecule has 2 rings (SSSR count). The van der Waals surface area contributed by atoms with Crippen molar-refractivity contribution in [1.29, 1.82) is 0 Å². The van der Waals surface area contributed by atoms with Crippen molar-refractivity contribution in [2.45, 2.75) is 49.1 Å². The molecular weight excluding hydrogens is 358 g/mol. The quantitative estimate of drug-likeness (QED) is 0.761. The predicted molar refractivity (Wildman–Crippen MR) is 99.9 cm³/mol. The fraction of sp³-hybridized carbons (Fsp3) is 0.647. The van der Waals surface area contributed by atoms with Gasteiger partial charge in [0.1, 0.15) is 4.90 Å².